The van der Waals surface area contributed by atoms with Gasteiger partial charge in [0.25, 0.3) is 0 Å². The number of pyridine rings is 1. The number of ether oxygens (including phenoxy) is 1. The molecule has 0 aliphatic heterocycles. The molecule has 3 aromatic carbocycles. The summed E-state index contributed by atoms with van der Waals surface area (Å²) in [7, 11) is 1.62. The number of hydrogen-bond donors (Lipinski definition) is 1. The monoisotopic (exact) mass is 547 g/mol. The van der Waals surface area contributed by atoms with Gasteiger partial charge in [0.15, 0.2) is 0 Å². The average Bonchev–Trinajstić information content (AvgIpc) is 2.91. The molecule has 1 aromatic heterocycles. The molecular formula is C29H23Cl2N3O2S. The van der Waals surface area contributed by atoms with Crippen molar-refractivity contribution < 1.29 is 9.53 Å². The Morgan fingerprint density at radius 2 is 1.73 bits per heavy atom. The summed E-state index contributed by atoms with van der Waals surface area (Å²) >= 11 is 13.5. The van der Waals surface area contributed by atoms with Crippen molar-refractivity contribution in [3.8, 4) is 34.2 Å². The molecule has 4 aromatic rings. The molecule has 0 radical (unpaired) electrons. The van der Waals surface area contributed by atoms with Gasteiger partial charge in [-0.25, -0.2) is 4.98 Å². The van der Waals surface area contributed by atoms with Crippen LogP contribution in [0.3, 0.4) is 0 Å². The maximum absolute atomic E-state index is 12.6. The standard InChI is InChI=1S/C29H23Cl2N3O2S/c1-18-3-5-19(6-4-18)23-16-26(20-7-10-22(36-2)11-8-20)34-29(24(23)17-32)37-14-13-28(35)33-27-15-21(30)9-12-25(27)31/h3-12,15-16H,13-14H2,1-2H3,(H,33,35). The van der Waals surface area contributed by atoms with E-state index in [9.17, 15) is 10.1 Å². The van der Waals surface area contributed by atoms with E-state index in [0.717, 1.165) is 33.7 Å². The summed E-state index contributed by atoms with van der Waals surface area (Å²) in [5.74, 6) is 0.960. The summed E-state index contributed by atoms with van der Waals surface area (Å²) in [5.41, 5.74) is 5.42. The summed E-state index contributed by atoms with van der Waals surface area (Å²) < 4.78 is 5.28. The zero-order valence-corrected chi connectivity index (χ0v) is 22.5. The Labute approximate surface area is 230 Å². The topological polar surface area (TPSA) is 75.0 Å². The Hall–Kier alpha value is -3.50. The first-order chi connectivity index (χ1) is 17.9. The largest absolute Gasteiger partial charge is 0.497 e. The minimum atomic E-state index is -0.208. The van der Waals surface area contributed by atoms with Crippen LogP contribution in [0.15, 0.2) is 77.8 Å². The van der Waals surface area contributed by atoms with Crippen molar-refractivity contribution in [2.75, 3.05) is 18.2 Å². The fourth-order valence-electron chi connectivity index (χ4n) is 3.65. The first-order valence-corrected chi connectivity index (χ1v) is 13.2. The number of nitriles is 1. The van der Waals surface area contributed by atoms with Crippen molar-refractivity contribution in [3.05, 3.63) is 94.0 Å². The number of hydrogen-bond acceptors (Lipinski definition) is 5. The molecule has 0 aliphatic rings. The van der Waals surface area contributed by atoms with E-state index in [1.165, 1.54) is 11.8 Å². The van der Waals surface area contributed by atoms with Crippen LogP contribution in [0.2, 0.25) is 10.0 Å². The number of carbonyl (C=O) groups is 1. The summed E-state index contributed by atoms with van der Waals surface area (Å²) in [6, 6.07) is 24.8. The molecule has 186 valence electrons. The van der Waals surface area contributed by atoms with Crippen LogP contribution in [0.5, 0.6) is 5.75 Å². The van der Waals surface area contributed by atoms with Crippen molar-refractivity contribution >= 4 is 46.6 Å². The van der Waals surface area contributed by atoms with Gasteiger partial charge >= 0.3 is 0 Å². The normalized spacial score (nSPS) is 10.6. The minimum Gasteiger partial charge on any atom is -0.497 e. The minimum absolute atomic E-state index is 0.201. The maximum atomic E-state index is 12.6. The van der Waals surface area contributed by atoms with E-state index in [4.69, 9.17) is 32.9 Å². The third-order valence-corrected chi connectivity index (χ3v) is 7.16. The van der Waals surface area contributed by atoms with Crippen molar-refractivity contribution in [2.24, 2.45) is 0 Å². The number of aryl methyl sites for hydroxylation is 1. The zero-order chi connectivity index (χ0) is 26.4. The van der Waals surface area contributed by atoms with Crippen LogP contribution in [-0.4, -0.2) is 23.8 Å². The van der Waals surface area contributed by atoms with Gasteiger partial charge in [0.1, 0.15) is 16.8 Å². The third kappa shape index (κ3) is 6.64. The second-order valence-corrected chi connectivity index (χ2v) is 10.1. The molecule has 0 saturated carbocycles. The van der Waals surface area contributed by atoms with Crippen molar-refractivity contribution in [3.63, 3.8) is 0 Å². The second kappa shape index (κ2) is 12.2. The Morgan fingerprint density at radius 3 is 2.41 bits per heavy atom. The van der Waals surface area contributed by atoms with E-state index in [-0.39, 0.29) is 12.3 Å². The van der Waals surface area contributed by atoms with Crippen LogP contribution in [0, 0.1) is 18.3 Å². The van der Waals surface area contributed by atoms with Crippen LogP contribution in [0.25, 0.3) is 22.4 Å². The first-order valence-electron chi connectivity index (χ1n) is 11.4. The number of aromatic nitrogens is 1. The van der Waals surface area contributed by atoms with Crippen LogP contribution in [0.4, 0.5) is 5.69 Å². The molecule has 0 bridgehead atoms. The molecule has 5 nitrogen and oxygen atoms in total. The molecule has 37 heavy (non-hydrogen) atoms. The lowest BCUT2D eigenvalue weighted by Crippen LogP contribution is -2.12. The van der Waals surface area contributed by atoms with Crippen molar-refractivity contribution in [1.29, 1.82) is 5.26 Å². The number of amides is 1. The van der Waals surface area contributed by atoms with Gasteiger partial charge in [0.05, 0.1) is 29.1 Å². The number of halogens is 2. The molecule has 0 spiro atoms. The fourth-order valence-corrected chi connectivity index (χ4v) is 4.93. The van der Waals surface area contributed by atoms with Crippen LogP contribution < -0.4 is 10.1 Å². The van der Waals surface area contributed by atoms with Gasteiger partial charge in [-0.15, -0.1) is 11.8 Å². The van der Waals surface area contributed by atoms with Crippen molar-refractivity contribution in [1.82, 2.24) is 4.98 Å². The van der Waals surface area contributed by atoms with Gasteiger partial charge in [-0.2, -0.15) is 5.26 Å². The summed E-state index contributed by atoms with van der Waals surface area (Å²) in [5, 5.41) is 14.3. The van der Waals surface area contributed by atoms with E-state index >= 15 is 0 Å². The number of rotatable bonds is 8. The summed E-state index contributed by atoms with van der Waals surface area (Å²) in [6.07, 6.45) is 0.201. The highest BCUT2D eigenvalue weighted by Gasteiger charge is 2.17. The summed E-state index contributed by atoms with van der Waals surface area (Å²) in [4.78, 5) is 17.4. The maximum Gasteiger partial charge on any atom is 0.225 e. The highest BCUT2D eigenvalue weighted by molar-refractivity contribution is 7.99. The fraction of sp³-hybridized carbons (Fsp3) is 0.138. The third-order valence-electron chi connectivity index (χ3n) is 5.62. The molecular weight excluding hydrogens is 525 g/mol. The van der Waals surface area contributed by atoms with Crippen LogP contribution in [0.1, 0.15) is 17.5 Å². The highest BCUT2D eigenvalue weighted by Crippen LogP contribution is 2.35. The first kappa shape index (κ1) is 26.6. The average molecular weight is 548 g/mol. The van der Waals surface area contributed by atoms with E-state index in [1.54, 1.807) is 25.3 Å². The molecule has 4 rings (SSSR count). The quantitative estimate of drug-likeness (QED) is 0.226. The predicted octanol–water partition coefficient (Wildman–Crippen LogP) is 8.03. The number of nitrogens with zero attached hydrogens (tertiary/aromatic N) is 2. The lowest BCUT2D eigenvalue weighted by atomic mass is 9.98. The number of benzene rings is 3. The second-order valence-electron chi connectivity index (χ2n) is 8.21. The van der Waals surface area contributed by atoms with E-state index in [0.29, 0.717) is 32.1 Å². The van der Waals surface area contributed by atoms with Gasteiger partial charge in [-0.05, 0) is 61.0 Å². The lowest BCUT2D eigenvalue weighted by Gasteiger charge is -2.13. The Bertz CT molecular complexity index is 1470. The lowest BCUT2D eigenvalue weighted by molar-refractivity contribution is -0.115. The molecule has 0 unspecified atom stereocenters. The molecule has 1 heterocycles. The van der Waals surface area contributed by atoms with Gasteiger partial charge < -0.3 is 10.1 Å². The van der Waals surface area contributed by atoms with E-state index in [2.05, 4.69) is 11.4 Å². The van der Waals surface area contributed by atoms with Gasteiger partial charge in [0, 0.05) is 28.3 Å². The predicted molar refractivity (Wildman–Crippen MR) is 152 cm³/mol. The molecule has 0 aliphatic carbocycles. The molecule has 0 saturated heterocycles. The van der Waals surface area contributed by atoms with E-state index in [1.807, 2.05) is 61.5 Å². The number of anilines is 1. The van der Waals surface area contributed by atoms with Gasteiger partial charge in [-0.3, -0.25) is 4.79 Å². The van der Waals surface area contributed by atoms with Gasteiger partial charge in [0.2, 0.25) is 5.91 Å². The Balaban J connectivity index is 1.62. The number of carbonyl (C=O) groups excluding carboxylic acids is 1. The molecule has 1 amide bonds. The molecule has 8 heteroatoms. The number of methoxy groups -OCH3 is 1. The molecule has 0 fully saturated rings. The number of thioether (sulfide) groups is 1. The number of nitrogens with one attached hydrogen (secondary N) is 1. The van der Waals surface area contributed by atoms with Crippen LogP contribution in [-0.2, 0) is 4.79 Å². The zero-order valence-electron chi connectivity index (χ0n) is 20.2. The summed E-state index contributed by atoms with van der Waals surface area (Å²) in [6.45, 7) is 2.02. The smallest absolute Gasteiger partial charge is 0.225 e. The SMILES string of the molecule is COc1ccc(-c2cc(-c3ccc(C)cc3)c(C#N)c(SCCC(=O)Nc3cc(Cl)ccc3Cl)n2)cc1. The highest BCUT2D eigenvalue weighted by atomic mass is 35.5. The molecule has 0 atom stereocenters. The Morgan fingerprint density at radius 1 is 1.03 bits per heavy atom. The van der Waals surface area contributed by atoms with Gasteiger partial charge in [-0.1, -0.05) is 53.0 Å². The van der Waals surface area contributed by atoms with Crippen molar-refractivity contribution in [2.45, 2.75) is 18.4 Å². The van der Waals surface area contributed by atoms with Crippen LogP contribution >= 0.6 is 35.0 Å². The molecule has 1 N–H and O–H groups in total. The van der Waals surface area contributed by atoms with E-state index < -0.39 is 0 Å². The Kier molecular flexibility index (Phi) is 8.73.